The van der Waals surface area contributed by atoms with E-state index in [1.54, 1.807) is 12.3 Å². The van der Waals surface area contributed by atoms with Gasteiger partial charge in [0.05, 0.1) is 5.52 Å². The fourth-order valence-electron chi connectivity index (χ4n) is 3.33. The minimum absolute atomic E-state index is 0.191. The minimum Gasteiger partial charge on any atom is -0.454 e. The summed E-state index contributed by atoms with van der Waals surface area (Å²) in [5.41, 5.74) is 4.20. The molecule has 0 aliphatic rings. The maximum Gasteiger partial charge on any atom is 0.331 e. The molecule has 0 saturated carbocycles. The Labute approximate surface area is 164 Å². The first-order chi connectivity index (χ1) is 13.5. The molecule has 0 radical (unpaired) electrons. The molecule has 2 aromatic heterocycles. The van der Waals surface area contributed by atoms with Crippen LogP contribution in [0.2, 0.25) is 0 Å². The molecule has 0 aliphatic heterocycles. The van der Waals surface area contributed by atoms with Crippen LogP contribution in [-0.4, -0.2) is 27.9 Å². The highest BCUT2D eigenvalue weighted by Gasteiger charge is 2.16. The number of hydrogen-bond donors (Lipinski definition) is 0. The molecule has 0 aliphatic carbocycles. The number of fused-ring (bicyclic) bond motifs is 1. The summed E-state index contributed by atoms with van der Waals surface area (Å²) in [7, 11) is 0. The molecular formula is C23H24N2O3. The molecule has 5 heteroatoms. The largest absolute Gasteiger partial charge is 0.454 e. The van der Waals surface area contributed by atoms with E-state index < -0.39 is 5.97 Å². The van der Waals surface area contributed by atoms with Gasteiger partial charge in [-0.2, -0.15) is 0 Å². The zero-order valence-electron chi connectivity index (χ0n) is 16.4. The molecule has 0 spiro atoms. The molecule has 0 amide bonds. The van der Waals surface area contributed by atoms with Gasteiger partial charge in [0.1, 0.15) is 0 Å². The molecule has 1 aromatic carbocycles. The number of ether oxygens (including phenoxy) is 1. The van der Waals surface area contributed by atoms with Gasteiger partial charge in [0.15, 0.2) is 6.61 Å². The summed E-state index contributed by atoms with van der Waals surface area (Å²) in [5, 5.41) is 0.996. The monoisotopic (exact) mass is 376 g/mol. The van der Waals surface area contributed by atoms with Gasteiger partial charge in [0.25, 0.3) is 0 Å². The van der Waals surface area contributed by atoms with Crippen molar-refractivity contribution in [2.24, 2.45) is 0 Å². The number of ketones is 1. The van der Waals surface area contributed by atoms with Crippen molar-refractivity contribution >= 4 is 28.7 Å². The molecule has 28 heavy (non-hydrogen) atoms. The van der Waals surface area contributed by atoms with Crippen LogP contribution in [0.15, 0.2) is 48.7 Å². The standard InChI is InChI=1S/C23H24N2O3/c1-4-13-25-16(2)14-20(17(25)3)21(26)15-28-22(27)11-10-19-8-5-7-18-9-6-12-24-23(18)19/h5-12,14H,4,13,15H2,1-3H3/b11-10+. The molecule has 0 unspecified atom stereocenters. The third kappa shape index (κ3) is 4.19. The number of benzene rings is 1. The number of pyridine rings is 1. The molecule has 144 valence electrons. The fourth-order valence-corrected chi connectivity index (χ4v) is 3.33. The topological polar surface area (TPSA) is 61.2 Å². The Kier molecular flexibility index (Phi) is 6.04. The number of carbonyl (C=O) groups is 2. The zero-order chi connectivity index (χ0) is 20.1. The predicted molar refractivity (Wildman–Crippen MR) is 110 cm³/mol. The first kappa shape index (κ1) is 19.5. The Bertz CT molecular complexity index is 1040. The number of aromatic nitrogens is 2. The SMILES string of the molecule is CCCn1c(C)cc(C(=O)COC(=O)/C=C/c2cccc3cccnc23)c1C. The first-order valence-electron chi connectivity index (χ1n) is 9.39. The van der Waals surface area contributed by atoms with Crippen molar-refractivity contribution in [1.82, 2.24) is 9.55 Å². The van der Waals surface area contributed by atoms with Crippen LogP contribution in [0.3, 0.4) is 0 Å². The lowest BCUT2D eigenvalue weighted by atomic mass is 10.1. The lowest BCUT2D eigenvalue weighted by Crippen LogP contribution is -2.13. The van der Waals surface area contributed by atoms with Crippen molar-refractivity contribution in [3.63, 3.8) is 0 Å². The first-order valence-corrected chi connectivity index (χ1v) is 9.39. The summed E-state index contributed by atoms with van der Waals surface area (Å²) in [4.78, 5) is 28.9. The van der Waals surface area contributed by atoms with Crippen LogP contribution < -0.4 is 0 Å². The van der Waals surface area contributed by atoms with Crippen LogP contribution in [0.5, 0.6) is 0 Å². The maximum atomic E-state index is 12.5. The van der Waals surface area contributed by atoms with Crippen LogP contribution in [0, 0.1) is 13.8 Å². The number of Topliss-reactive ketones (excluding diaryl/α,β-unsaturated/α-hetero) is 1. The quantitative estimate of drug-likeness (QED) is 0.346. The second-order valence-corrected chi connectivity index (χ2v) is 6.72. The smallest absolute Gasteiger partial charge is 0.331 e. The lowest BCUT2D eigenvalue weighted by Gasteiger charge is -2.07. The number of para-hydroxylation sites is 1. The van der Waals surface area contributed by atoms with Gasteiger partial charge in [-0.05, 0) is 38.5 Å². The van der Waals surface area contributed by atoms with Crippen molar-refractivity contribution in [2.45, 2.75) is 33.7 Å². The molecule has 0 atom stereocenters. The third-order valence-corrected chi connectivity index (χ3v) is 4.73. The number of hydrogen-bond acceptors (Lipinski definition) is 4. The second-order valence-electron chi connectivity index (χ2n) is 6.72. The van der Waals surface area contributed by atoms with E-state index in [1.165, 1.54) is 6.08 Å². The van der Waals surface area contributed by atoms with Crippen LogP contribution in [0.25, 0.3) is 17.0 Å². The summed E-state index contributed by atoms with van der Waals surface area (Å²) < 4.78 is 7.26. The molecular weight excluding hydrogens is 352 g/mol. The van der Waals surface area contributed by atoms with Gasteiger partial charge < -0.3 is 9.30 Å². The van der Waals surface area contributed by atoms with Gasteiger partial charge in [0, 0.05) is 46.7 Å². The van der Waals surface area contributed by atoms with E-state index in [9.17, 15) is 9.59 Å². The Morgan fingerprint density at radius 1 is 1.18 bits per heavy atom. The van der Waals surface area contributed by atoms with Gasteiger partial charge in [-0.15, -0.1) is 0 Å². The van der Waals surface area contributed by atoms with E-state index in [0.29, 0.717) is 5.56 Å². The average molecular weight is 376 g/mol. The predicted octanol–water partition coefficient (Wildman–Crippen LogP) is 4.50. The number of nitrogens with zero attached hydrogens (tertiary/aromatic N) is 2. The number of carbonyl (C=O) groups excluding carboxylic acids is 2. The van der Waals surface area contributed by atoms with E-state index in [-0.39, 0.29) is 12.4 Å². The van der Waals surface area contributed by atoms with Crippen molar-refractivity contribution in [3.8, 4) is 0 Å². The van der Waals surface area contributed by atoms with Gasteiger partial charge >= 0.3 is 5.97 Å². The van der Waals surface area contributed by atoms with Crippen LogP contribution in [-0.2, 0) is 16.1 Å². The summed E-state index contributed by atoms with van der Waals surface area (Å²) in [6.07, 6.45) is 5.70. The summed E-state index contributed by atoms with van der Waals surface area (Å²) in [5.74, 6) is -0.743. The zero-order valence-corrected chi connectivity index (χ0v) is 16.4. The molecule has 2 heterocycles. The van der Waals surface area contributed by atoms with E-state index in [4.69, 9.17) is 4.74 Å². The Hall–Kier alpha value is -3.21. The molecule has 3 aromatic rings. The Balaban J connectivity index is 1.65. The van der Waals surface area contributed by atoms with Crippen LogP contribution >= 0.6 is 0 Å². The molecule has 5 nitrogen and oxygen atoms in total. The Morgan fingerprint density at radius 2 is 1.96 bits per heavy atom. The number of rotatable bonds is 7. The van der Waals surface area contributed by atoms with Crippen molar-refractivity contribution < 1.29 is 14.3 Å². The maximum absolute atomic E-state index is 12.5. The highest BCUT2D eigenvalue weighted by atomic mass is 16.5. The normalized spacial score (nSPS) is 11.2. The highest BCUT2D eigenvalue weighted by molar-refractivity contribution is 6.00. The van der Waals surface area contributed by atoms with Crippen LogP contribution in [0.1, 0.15) is 40.7 Å². The number of aryl methyl sites for hydroxylation is 1. The summed E-state index contributed by atoms with van der Waals surface area (Å²) in [6, 6.07) is 11.4. The molecule has 0 saturated heterocycles. The van der Waals surface area contributed by atoms with Gasteiger partial charge in [0.2, 0.25) is 5.78 Å². The van der Waals surface area contributed by atoms with E-state index in [1.807, 2.05) is 50.2 Å². The van der Waals surface area contributed by atoms with Crippen molar-refractivity contribution in [3.05, 3.63) is 71.2 Å². The van der Waals surface area contributed by atoms with E-state index in [0.717, 1.165) is 40.8 Å². The van der Waals surface area contributed by atoms with Gasteiger partial charge in [-0.1, -0.05) is 31.2 Å². The highest BCUT2D eigenvalue weighted by Crippen LogP contribution is 2.18. The Morgan fingerprint density at radius 3 is 2.75 bits per heavy atom. The lowest BCUT2D eigenvalue weighted by molar-refractivity contribution is -0.136. The van der Waals surface area contributed by atoms with Gasteiger partial charge in [-0.25, -0.2) is 4.79 Å². The van der Waals surface area contributed by atoms with E-state index >= 15 is 0 Å². The summed E-state index contributed by atoms with van der Waals surface area (Å²) >= 11 is 0. The second kappa shape index (κ2) is 8.65. The van der Waals surface area contributed by atoms with E-state index in [2.05, 4.69) is 16.5 Å². The van der Waals surface area contributed by atoms with Crippen LogP contribution in [0.4, 0.5) is 0 Å². The summed E-state index contributed by atoms with van der Waals surface area (Å²) in [6.45, 7) is 6.59. The molecule has 3 rings (SSSR count). The third-order valence-electron chi connectivity index (χ3n) is 4.73. The fraction of sp³-hybridized carbons (Fsp3) is 0.261. The molecule has 0 fully saturated rings. The van der Waals surface area contributed by atoms with Gasteiger partial charge in [-0.3, -0.25) is 9.78 Å². The molecule has 0 bridgehead atoms. The van der Waals surface area contributed by atoms with Crippen molar-refractivity contribution in [2.75, 3.05) is 6.61 Å². The number of esters is 1. The minimum atomic E-state index is -0.552. The average Bonchev–Trinajstić information content (AvgIpc) is 2.99. The molecule has 0 N–H and O–H groups in total. The van der Waals surface area contributed by atoms with Crippen molar-refractivity contribution in [1.29, 1.82) is 0 Å².